The summed E-state index contributed by atoms with van der Waals surface area (Å²) < 4.78 is 13.9. The second-order valence-corrected chi connectivity index (χ2v) is 4.45. The van der Waals surface area contributed by atoms with E-state index in [0.717, 1.165) is 13.1 Å². The second kappa shape index (κ2) is 4.47. The van der Waals surface area contributed by atoms with E-state index in [4.69, 9.17) is 0 Å². The molecule has 0 saturated carbocycles. The maximum Gasteiger partial charge on any atom is 0.166 e. The smallest absolute Gasteiger partial charge is 0.166 e. The lowest BCUT2D eigenvalue weighted by atomic mass is 10.0. The van der Waals surface area contributed by atoms with Gasteiger partial charge in [-0.05, 0) is 12.1 Å². The Morgan fingerprint density at radius 3 is 2.87 bits per heavy atom. The zero-order valence-corrected chi connectivity index (χ0v) is 9.64. The SMILES string of the molecule is Oc1c(F)cc(Br)cc1[C@@H]1CNCCN1. The summed E-state index contributed by atoms with van der Waals surface area (Å²) in [6, 6.07) is 2.96. The van der Waals surface area contributed by atoms with E-state index in [-0.39, 0.29) is 11.8 Å². The first-order valence-corrected chi connectivity index (χ1v) is 5.60. The largest absolute Gasteiger partial charge is 0.505 e. The van der Waals surface area contributed by atoms with Gasteiger partial charge in [0.15, 0.2) is 11.6 Å². The molecule has 3 nitrogen and oxygen atoms in total. The van der Waals surface area contributed by atoms with Crippen LogP contribution in [0.25, 0.3) is 0 Å². The van der Waals surface area contributed by atoms with Crippen LogP contribution in [0.4, 0.5) is 4.39 Å². The van der Waals surface area contributed by atoms with Crippen LogP contribution in [0, 0.1) is 5.82 Å². The van der Waals surface area contributed by atoms with Gasteiger partial charge >= 0.3 is 0 Å². The first-order valence-electron chi connectivity index (χ1n) is 4.80. The number of hydrogen-bond donors (Lipinski definition) is 3. The number of benzene rings is 1. The van der Waals surface area contributed by atoms with Crippen LogP contribution >= 0.6 is 15.9 Å². The standard InChI is InChI=1S/C10H12BrFN2O/c11-6-3-7(10(15)8(12)4-6)9-5-13-1-2-14-9/h3-4,9,13-15H,1-2,5H2/t9-/m0/s1. The van der Waals surface area contributed by atoms with Crippen LogP contribution in [-0.4, -0.2) is 24.7 Å². The summed E-state index contributed by atoms with van der Waals surface area (Å²) in [5.74, 6) is -0.855. The number of phenols is 1. The molecule has 0 bridgehead atoms. The van der Waals surface area contributed by atoms with Crippen molar-refractivity contribution in [3.63, 3.8) is 0 Å². The van der Waals surface area contributed by atoms with Crippen molar-refractivity contribution in [3.8, 4) is 5.75 Å². The zero-order valence-electron chi connectivity index (χ0n) is 8.06. The predicted molar refractivity (Wildman–Crippen MR) is 59.4 cm³/mol. The van der Waals surface area contributed by atoms with Crippen LogP contribution in [0.15, 0.2) is 16.6 Å². The lowest BCUT2D eigenvalue weighted by Crippen LogP contribution is -2.42. The average molecular weight is 275 g/mol. The maximum absolute atomic E-state index is 13.3. The van der Waals surface area contributed by atoms with Gasteiger partial charge in [0.1, 0.15) is 0 Å². The number of halogens is 2. The number of hydrogen-bond acceptors (Lipinski definition) is 3. The molecule has 0 spiro atoms. The van der Waals surface area contributed by atoms with Crippen LogP contribution in [-0.2, 0) is 0 Å². The normalized spacial score (nSPS) is 21.6. The fourth-order valence-corrected chi connectivity index (χ4v) is 2.17. The molecular weight excluding hydrogens is 263 g/mol. The average Bonchev–Trinajstić information content (AvgIpc) is 2.24. The van der Waals surface area contributed by atoms with Crippen LogP contribution in [0.5, 0.6) is 5.75 Å². The summed E-state index contributed by atoms with van der Waals surface area (Å²) in [6.07, 6.45) is 0. The molecule has 1 fully saturated rings. The lowest BCUT2D eigenvalue weighted by Gasteiger charge is -2.25. The molecule has 15 heavy (non-hydrogen) atoms. The van der Waals surface area contributed by atoms with Crippen LogP contribution in [0.1, 0.15) is 11.6 Å². The summed E-state index contributed by atoms with van der Waals surface area (Å²) in [4.78, 5) is 0. The number of aromatic hydroxyl groups is 1. The monoisotopic (exact) mass is 274 g/mol. The molecule has 5 heteroatoms. The van der Waals surface area contributed by atoms with Gasteiger partial charge in [0.2, 0.25) is 0 Å². The predicted octanol–water partition coefficient (Wildman–Crippen LogP) is 1.53. The molecule has 1 aliphatic heterocycles. The maximum atomic E-state index is 13.3. The topological polar surface area (TPSA) is 44.3 Å². The van der Waals surface area contributed by atoms with E-state index in [2.05, 4.69) is 26.6 Å². The van der Waals surface area contributed by atoms with E-state index in [9.17, 15) is 9.50 Å². The Hall–Kier alpha value is -0.650. The van der Waals surface area contributed by atoms with Gasteiger partial charge in [-0.15, -0.1) is 0 Å². The molecule has 1 aromatic rings. The third-order valence-corrected chi connectivity index (χ3v) is 2.93. The Morgan fingerprint density at radius 2 is 2.20 bits per heavy atom. The van der Waals surface area contributed by atoms with E-state index < -0.39 is 5.82 Å². The van der Waals surface area contributed by atoms with Crippen molar-refractivity contribution in [2.45, 2.75) is 6.04 Å². The number of rotatable bonds is 1. The molecule has 1 heterocycles. The Labute approximate surface area is 95.8 Å². The highest BCUT2D eigenvalue weighted by atomic mass is 79.9. The van der Waals surface area contributed by atoms with Crippen molar-refractivity contribution < 1.29 is 9.50 Å². The first kappa shape index (κ1) is 10.9. The van der Waals surface area contributed by atoms with Gasteiger partial charge in [-0.1, -0.05) is 15.9 Å². The molecule has 1 atom stereocenters. The minimum atomic E-state index is -0.591. The van der Waals surface area contributed by atoms with E-state index in [0.29, 0.717) is 16.6 Å². The molecular formula is C10H12BrFN2O. The molecule has 82 valence electrons. The fraction of sp³-hybridized carbons (Fsp3) is 0.400. The van der Waals surface area contributed by atoms with E-state index in [1.54, 1.807) is 6.07 Å². The second-order valence-electron chi connectivity index (χ2n) is 3.54. The molecule has 1 aliphatic rings. The molecule has 0 aliphatic carbocycles. The van der Waals surface area contributed by atoms with Gasteiger partial charge in [0.25, 0.3) is 0 Å². The minimum Gasteiger partial charge on any atom is -0.505 e. The van der Waals surface area contributed by atoms with Gasteiger partial charge < -0.3 is 15.7 Å². The van der Waals surface area contributed by atoms with Gasteiger partial charge in [-0.2, -0.15) is 0 Å². The number of nitrogens with one attached hydrogen (secondary N) is 2. The highest BCUT2D eigenvalue weighted by Crippen LogP contribution is 2.30. The van der Waals surface area contributed by atoms with Crippen molar-refractivity contribution in [1.82, 2.24) is 10.6 Å². The minimum absolute atomic E-state index is 0.0363. The summed E-state index contributed by atoms with van der Waals surface area (Å²) in [6.45, 7) is 2.41. The van der Waals surface area contributed by atoms with Crippen molar-refractivity contribution >= 4 is 15.9 Å². The Balaban J connectivity index is 2.33. The van der Waals surface area contributed by atoms with Gasteiger partial charge in [0, 0.05) is 35.7 Å². The fourth-order valence-electron chi connectivity index (χ4n) is 1.72. The van der Waals surface area contributed by atoms with Gasteiger partial charge in [0.05, 0.1) is 0 Å². The molecule has 2 rings (SSSR count). The lowest BCUT2D eigenvalue weighted by molar-refractivity contribution is 0.387. The Bertz CT molecular complexity index is 367. The van der Waals surface area contributed by atoms with E-state index in [1.807, 2.05) is 0 Å². The summed E-state index contributed by atoms with van der Waals surface area (Å²) >= 11 is 3.21. The molecule has 0 radical (unpaired) electrons. The molecule has 1 aromatic carbocycles. The highest BCUT2D eigenvalue weighted by molar-refractivity contribution is 9.10. The highest BCUT2D eigenvalue weighted by Gasteiger charge is 2.20. The zero-order chi connectivity index (χ0) is 10.8. The van der Waals surface area contributed by atoms with Gasteiger partial charge in [-0.3, -0.25) is 0 Å². The molecule has 0 aromatic heterocycles. The molecule has 0 unspecified atom stereocenters. The molecule has 0 amide bonds. The van der Waals surface area contributed by atoms with Crippen LogP contribution in [0.3, 0.4) is 0 Å². The van der Waals surface area contributed by atoms with E-state index in [1.165, 1.54) is 6.07 Å². The van der Waals surface area contributed by atoms with Gasteiger partial charge in [-0.25, -0.2) is 4.39 Å². The summed E-state index contributed by atoms with van der Waals surface area (Å²) in [7, 11) is 0. The molecule has 1 saturated heterocycles. The van der Waals surface area contributed by atoms with Crippen molar-refractivity contribution in [2.75, 3.05) is 19.6 Å². The van der Waals surface area contributed by atoms with Crippen molar-refractivity contribution in [1.29, 1.82) is 0 Å². The number of phenolic OH excluding ortho intramolecular Hbond substituents is 1. The quantitative estimate of drug-likeness (QED) is 0.728. The molecule has 3 N–H and O–H groups in total. The third kappa shape index (κ3) is 2.30. The Kier molecular flexibility index (Phi) is 3.23. The van der Waals surface area contributed by atoms with Crippen molar-refractivity contribution in [3.05, 3.63) is 28.0 Å². The Morgan fingerprint density at radius 1 is 1.40 bits per heavy atom. The summed E-state index contributed by atoms with van der Waals surface area (Å²) in [5.41, 5.74) is 0.592. The van der Waals surface area contributed by atoms with Crippen molar-refractivity contribution in [2.24, 2.45) is 0 Å². The van der Waals surface area contributed by atoms with Crippen LogP contribution in [0.2, 0.25) is 0 Å². The first-order chi connectivity index (χ1) is 7.18. The van der Waals surface area contributed by atoms with Crippen LogP contribution < -0.4 is 10.6 Å². The third-order valence-electron chi connectivity index (χ3n) is 2.47. The van der Waals surface area contributed by atoms with E-state index >= 15 is 0 Å². The summed E-state index contributed by atoms with van der Waals surface area (Å²) in [5, 5.41) is 16.0. The number of piperazine rings is 1.